The molecule has 0 aromatic heterocycles. The average Bonchev–Trinajstić information content (AvgIpc) is 2.75. The summed E-state index contributed by atoms with van der Waals surface area (Å²) in [6.45, 7) is 10.9. The van der Waals surface area contributed by atoms with Crippen LogP contribution in [0.2, 0.25) is 0 Å². The van der Waals surface area contributed by atoms with Gasteiger partial charge in [-0.3, -0.25) is 9.89 Å². The molecule has 29 heavy (non-hydrogen) atoms. The van der Waals surface area contributed by atoms with Crippen molar-refractivity contribution in [1.29, 1.82) is 0 Å². The van der Waals surface area contributed by atoms with E-state index in [1.807, 2.05) is 12.1 Å². The molecule has 2 fully saturated rings. The van der Waals surface area contributed by atoms with Crippen LogP contribution in [0.25, 0.3) is 0 Å². The SMILES string of the molecule is CN=C(NCC1(c2ccc(F)cc2)CCOCC1)NCC(C)(C)N1CCOCC1. The van der Waals surface area contributed by atoms with Crippen molar-refractivity contribution in [3.63, 3.8) is 0 Å². The largest absolute Gasteiger partial charge is 0.381 e. The smallest absolute Gasteiger partial charge is 0.191 e. The fourth-order valence-electron chi connectivity index (χ4n) is 4.19. The molecule has 0 atom stereocenters. The summed E-state index contributed by atoms with van der Waals surface area (Å²) in [7, 11) is 1.80. The number of aliphatic imine (C=N–C) groups is 1. The summed E-state index contributed by atoms with van der Waals surface area (Å²) in [5, 5.41) is 7.00. The number of halogens is 1. The van der Waals surface area contributed by atoms with Gasteiger partial charge in [0, 0.05) is 57.4 Å². The average molecular weight is 407 g/mol. The van der Waals surface area contributed by atoms with E-state index in [9.17, 15) is 4.39 Å². The summed E-state index contributed by atoms with van der Waals surface area (Å²) >= 11 is 0. The lowest BCUT2D eigenvalue weighted by atomic mass is 9.74. The fourth-order valence-corrected chi connectivity index (χ4v) is 4.19. The van der Waals surface area contributed by atoms with Crippen LogP contribution in [0.1, 0.15) is 32.3 Å². The first-order valence-electron chi connectivity index (χ1n) is 10.6. The van der Waals surface area contributed by atoms with Gasteiger partial charge in [-0.05, 0) is 44.4 Å². The third-order valence-electron chi connectivity index (χ3n) is 6.28. The highest BCUT2D eigenvalue weighted by atomic mass is 19.1. The molecular weight excluding hydrogens is 371 g/mol. The molecule has 0 amide bonds. The number of nitrogens with zero attached hydrogens (tertiary/aromatic N) is 2. The van der Waals surface area contributed by atoms with Gasteiger partial charge in [-0.2, -0.15) is 0 Å². The predicted octanol–water partition coefficient (Wildman–Crippen LogP) is 2.15. The molecule has 0 bridgehead atoms. The Morgan fingerprint density at radius 3 is 2.31 bits per heavy atom. The van der Waals surface area contributed by atoms with Crippen molar-refractivity contribution < 1.29 is 13.9 Å². The molecule has 1 aromatic rings. The Kier molecular flexibility index (Phi) is 7.49. The Labute approximate surface area is 173 Å². The van der Waals surface area contributed by atoms with Crippen LogP contribution in [-0.4, -0.2) is 76.1 Å². The number of rotatable bonds is 6. The highest BCUT2D eigenvalue weighted by Gasteiger charge is 2.35. The van der Waals surface area contributed by atoms with Crippen molar-refractivity contribution in [2.24, 2.45) is 4.99 Å². The van der Waals surface area contributed by atoms with Crippen molar-refractivity contribution in [1.82, 2.24) is 15.5 Å². The molecule has 2 saturated heterocycles. The molecule has 0 aliphatic carbocycles. The summed E-state index contributed by atoms with van der Waals surface area (Å²) in [4.78, 5) is 6.87. The standard InChI is InChI=1S/C22H35FN4O2/c1-21(2,27-10-14-29-15-11-27)16-25-20(24-3)26-17-22(8-12-28-13-9-22)18-4-6-19(23)7-5-18/h4-7H,8-17H2,1-3H3,(H2,24,25,26). The number of guanidine groups is 1. The lowest BCUT2D eigenvalue weighted by molar-refractivity contribution is -0.00835. The molecule has 0 saturated carbocycles. The molecule has 7 heteroatoms. The molecule has 2 heterocycles. The van der Waals surface area contributed by atoms with Crippen molar-refractivity contribution >= 4 is 5.96 Å². The van der Waals surface area contributed by atoms with E-state index in [1.165, 1.54) is 0 Å². The van der Waals surface area contributed by atoms with Gasteiger partial charge in [-0.1, -0.05) is 12.1 Å². The Bertz CT molecular complexity index is 666. The van der Waals surface area contributed by atoms with Gasteiger partial charge < -0.3 is 20.1 Å². The Morgan fingerprint density at radius 1 is 1.07 bits per heavy atom. The predicted molar refractivity (Wildman–Crippen MR) is 114 cm³/mol. The maximum atomic E-state index is 13.4. The molecule has 0 radical (unpaired) electrons. The van der Waals surface area contributed by atoms with Gasteiger partial charge in [0.15, 0.2) is 5.96 Å². The quantitative estimate of drug-likeness (QED) is 0.560. The number of hydrogen-bond donors (Lipinski definition) is 2. The lowest BCUT2D eigenvalue weighted by Crippen LogP contribution is -2.57. The van der Waals surface area contributed by atoms with Crippen LogP contribution in [-0.2, 0) is 14.9 Å². The second kappa shape index (κ2) is 9.87. The van der Waals surface area contributed by atoms with Crippen molar-refractivity contribution in [3.05, 3.63) is 35.6 Å². The molecule has 2 aliphatic rings. The highest BCUT2D eigenvalue weighted by Crippen LogP contribution is 2.34. The number of ether oxygens (including phenoxy) is 2. The molecule has 162 valence electrons. The molecule has 0 spiro atoms. The van der Waals surface area contributed by atoms with Gasteiger partial charge in [-0.25, -0.2) is 4.39 Å². The van der Waals surface area contributed by atoms with Gasteiger partial charge >= 0.3 is 0 Å². The fraction of sp³-hybridized carbons (Fsp3) is 0.682. The van der Waals surface area contributed by atoms with Crippen LogP contribution in [0.15, 0.2) is 29.3 Å². The van der Waals surface area contributed by atoms with Crippen LogP contribution in [0, 0.1) is 5.82 Å². The number of nitrogens with one attached hydrogen (secondary N) is 2. The summed E-state index contributed by atoms with van der Waals surface area (Å²) in [6, 6.07) is 6.90. The van der Waals surface area contributed by atoms with E-state index >= 15 is 0 Å². The summed E-state index contributed by atoms with van der Waals surface area (Å²) < 4.78 is 24.5. The molecule has 2 N–H and O–H groups in total. The van der Waals surface area contributed by atoms with Gasteiger partial charge in [0.2, 0.25) is 0 Å². The minimum absolute atomic E-state index is 0.00865. The first-order chi connectivity index (χ1) is 14.0. The van der Waals surface area contributed by atoms with Crippen LogP contribution in [0.5, 0.6) is 0 Å². The van der Waals surface area contributed by atoms with E-state index in [1.54, 1.807) is 19.2 Å². The van der Waals surface area contributed by atoms with E-state index in [4.69, 9.17) is 9.47 Å². The molecular formula is C22H35FN4O2. The van der Waals surface area contributed by atoms with Crippen LogP contribution < -0.4 is 10.6 Å². The normalized spacial score (nSPS) is 21.0. The van der Waals surface area contributed by atoms with Crippen LogP contribution in [0.3, 0.4) is 0 Å². The molecule has 2 aliphatic heterocycles. The van der Waals surface area contributed by atoms with Crippen molar-refractivity contribution in [2.45, 2.75) is 37.6 Å². The molecule has 0 unspecified atom stereocenters. The van der Waals surface area contributed by atoms with E-state index in [0.29, 0.717) is 0 Å². The minimum atomic E-state index is -0.202. The first-order valence-corrected chi connectivity index (χ1v) is 10.6. The minimum Gasteiger partial charge on any atom is -0.381 e. The van der Waals surface area contributed by atoms with Crippen LogP contribution in [0.4, 0.5) is 4.39 Å². The van der Waals surface area contributed by atoms with Crippen LogP contribution >= 0.6 is 0 Å². The third-order valence-corrected chi connectivity index (χ3v) is 6.28. The second-order valence-corrected chi connectivity index (χ2v) is 8.59. The van der Waals surface area contributed by atoms with E-state index in [0.717, 1.165) is 77.0 Å². The number of morpholine rings is 1. The second-order valence-electron chi connectivity index (χ2n) is 8.59. The Hall–Kier alpha value is -1.70. The van der Waals surface area contributed by atoms with Gasteiger partial charge in [-0.15, -0.1) is 0 Å². The zero-order valence-electron chi connectivity index (χ0n) is 18.0. The number of benzene rings is 1. The van der Waals surface area contributed by atoms with Gasteiger partial charge in [0.25, 0.3) is 0 Å². The Morgan fingerprint density at radius 2 is 1.69 bits per heavy atom. The summed E-state index contributed by atoms with van der Waals surface area (Å²) in [6.07, 6.45) is 1.81. The van der Waals surface area contributed by atoms with Crippen molar-refractivity contribution in [3.8, 4) is 0 Å². The zero-order chi connectivity index (χ0) is 20.7. The van der Waals surface area contributed by atoms with E-state index in [2.05, 4.69) is 34.4 Å². The van der Waals surface area contributed by atoms with E-state index < -0.39 is 0 Å². The molecule has 3 rings (SSSR count). The topological polar surface area (TPSA) is 58.1 Å². The lowest BCUT2D eigenvalue weighted by Gasteiger charge is -2.41. The third kappa shape index (κ3) is 5.68. The van der Waals surface area contributed by atoms with E-state index in [-0.39, 0.29) is 16.8 Å². The summed E-state index contributed by atoms with van der Waals surface area (Å²) in [5.41, 5.74) is 1.08. The first kappa shape index (κ1) is 22.0. The molecule has 1 aromatic carbocycles. The van der Waals surface area contributed by atoms with Gasteiger partial charge in [0.05, 0.1) is 13.2 Å². The summed E-state index contributed by atoms with van der Waals surface area (Å²) in [5.74, 6) is 0.589. The Balaban J connectivity index is 1.61. The maximum Gasteiger partial charge on any atom is 0.191 e. The van der Waals surface area contributed by atoms with Gasteiger partial charge in [0.1, 0.15) is 5.82 Å². The molecule has 6 nitrogen and oxygen atoms in total. The zero-order valence-corrected chi connectivity index (χ0v) is 18.0. The van der Waals surface area contributed by atoms with Crippen molar-refractivity contribution in [2.75, 3.05) is 59.7 Å². The number of hydrogen-bond acceptors (Lipinski definition) is 4. The monoisotopic (exact) mass is 406 g/mol. The maximum absolute atomic E-state index is 13.4. The highest BCUT2D eigenvalue weighted by molar-refractivity contribution is 5.79.